The number of carbonyl (C=O) groups is 2. The SMILES string of the molecule is Cc1ccc(NC(=O)CC[C@@H]2C(=O)[C@@]3(C)CC[C@H]2C3(C)C)cc1. The van der Waals surface area contributed by atoms with Gasteiger partial charge in [-0.25, -0.2) is 0 Å². The van der Waals surface area contributed by atoms with Crippen molar-refractivity contribution in [1.29, 1.82) is 0 Å². The summed E-state index contributed by atoms with van der Waals surface area (Å²) in [6.45, 7) is 8.61. The molecule has 0 radical (unpaired) electrons. The van der Waals surface area contributed by atoms with Gasteiger partial charge in [0, 0.05) is 23.4 Å². The molecule has 3 atom stereocenters. The highest BCUT2D eigenvalue weighted by atomic mass is 16.1. The number of hydrogen-bond donors (Lipinski definition) is 1. The van der Waals surface area contributed by atoms with Crippen LogP contribution in [-0.4, -0.2) is 11.7 Å². The Balaban J connectivity index is 1.60. The van der Waals surface area contributed by atoms with Gasteiger partial charge in [-0.3, -0.25) is 9.59 Å². The summed E-state index contributed by atoms with van der Waals surface area (Å²) in [5.74, 6) is 0.897. The lowest BCUT2D eigenvalue weighted by atomic mass is 9.70. The van der Waals surface area contributed by atoms with Crippen LogP contribution in [0, 0.1) is 29.6 Å². The monoisotopic (exact) mass is 313 g/mol. The van der Waals surface area contributed by atoms with Gasteiger partial charge in [-0.15, -0.1) is 0 Å². The fourth-order valence-corrected chi connectivity index (χ4v) is 4.75. The molecule has 0 unspecified atom stereocenters. The highest BCUT2D eigenvalue weighted by Crippen LogP contribution is 2.66. The van der Waals surface area contributed by atoms with Crippen LogP contribution in [0.2, 0.25) is 0 Å². The van der Waals surface area contributed by atoms with Crippen LogP contribution < -0.4 is 5.32 Å². The van der Waals surface area contributed by atoms with Crippen LogP contribution in [-0.2, 0) is 9.59 Å². The number of nitrogens with one attached hydrogen (secondary N) is 1. The number of rotatable bonds is 4. The second-order valence-corrected chi connectivity index (χ2v) is 8.12. The first-order chi connectivity index (χ1) is 10.8. The molecule has 0 aromatic heterocycles. The molecule has 1 N–H and O–H groups in total. The van der Waals surface area contributed by atoms with Gasteiger partial charge in [0.1, 0.15) is 5.78 Å². The van der Waals surface area contributed by atoms with Gasteiger partial charge in [0.05, 0.1) is 0 Å². The van der Waals surface area contributed by atoms with Gasteiger partial charge in [-0.05, 0) is 49.7 Å². The molecule has 3 heteroatoms. The average Bonchev–Trinajstić information content (AvgIpc) is 2.80. The lowest BCUT2D eigenvalue weighted by Gasteiger charge is -2.32. The Hall–Kier alpha value is -1.64. The third kappa shape index (κ3) is 2.50. The summed E-state index contributed by atoms with van der Waals surface area (Å²) in [5.41, 5.74) is 1.89. The van der Waals surface area contributed by atoms with Crippen LogP contribution in [0.1, 0.15) is 52.0 Å². The predicted octanol–water partition coefficient (Wildman–Crippen LogP) is 4.36. The molecular weight excluding hydrogens is 286 g/mol. The van der Waals surface area contributed by atoms with Crippen LogP contribution in [0.3, 0.4) is 0 Å². The second kappa shape index (κ2) is 5.47. The van der Waals surface area contributed by atoms with E-state index in [9.17, 15) is 9.59 Å². The van der Waals surface area contributed by atoms with Crippen molar-refractivity contribution in [2.45, 2.75) is 53.4 Å². The maximum Gasteiger partial charge on any atom is 0.224 e. The second-order valence-electron chi connectivity index (χ2n) is 8.12. The molecule has 1 amide bonds. The summed E-state index contributed by atoms with van der Waals surface area (Å²) >= 11 is 0. The largest absolute Gasteiger partial charge is 0.326 e. The number of hydrogen-bond acceptors (Lipinski definition) is 2. The highest BCUT2D eigenvalue weighted by Gasteiger charge is 2.65. The van der Waals surface area contributed by atoms with Crippen molar-refractivity contribution < 1.29 is 9.59 Å². The van der Waals surface area contributed by atoms with Gasteiger partial charge < -0.3 is 5.32 Å². The van der Waals surface area contributed by atoms with Gasteiger partial charge in [0.15, 0.2) is 0 Å². The Bertz CT molecular complexity index is 632. The minimum Gasteiger partial charge on any atom is -0.326 e. The van der Waals surface area contributed by atoms with E-state index in [1.54, 1.807) is 0 Å². The van der Waals surface area contributed by atoms with Gasteiger partial charge in [0.2, 0.25) is 5.91 Å². The molecule has 2 bridgehead atoms. The molecule has 2 aliphatic carbocycles. The van der Waals surface area contributed by atoms with Gasteiger partial charge in [-0.2, -0.15) is 0 Å². The number of fused-ring (bicyclic) bond motifs is 2. The molecule has 23 heavy (non-hydrogen) atoms. The maximum atomic E-state index is 12.8. The summed E-state index contributed by atoms with van der Waals surface area (Å²) in [6, 6.07) is 7.80. The molecule has 124 valence electrons. The van der Waals surface area contributed by atoms with Crippen LogP contribution in [0.15, 0.2) is 24.3 Å². The van der Waals surface area contributed by atoms with E-state index in [1.165, 1.54) is 5.56 Å². The molecule has 0 heterocycles. The standard InChI is InChI=1S/C20H27NO2/c1-13-5-7-14(8-6-13)21-17(22)10-9-15-16-11-12-20(4,18(15)23)19(16,2)3/h5-8,15-16H,9-12H2,1-4H3,(H,21,22)/t15-,16+,20+/m0/s1. The molecule has 2 fully saturated rings. The lowest BCUT2D eigenvalue weighted by molar-refractivity contribution is -0.132. The minimum absolute atomic E-state index is 0.00684. The average molecular weight is 313 g/mol. The Morgan fingerprint density at radius 3 is 2.43 bits per heavy atom. The van der Waals surface area contributed by atoms with Crippen molar-refractivity contribution in [3.63, 3.8) is 0 Å². The zero-order valence-electron chi connectivity index (χ0n) is 14.6. The van der Waals surface area contributed by atoms with E-state index < -0.39 is 0 Å². The summed E-state index contributed by atoms with van der Waals surface area (Å²) in [5, 5.41) is 2.93. The zero-order valence-corrected chi connectivity index (χ0v) is 14.6. The summed E-state index contributed by atoms with van der Waals surface area (Å²) < 4.78 is 0. The lowest BCUT2D eigenvalue weighted by Crippen LogP contribution is -2.33. The van der Waals surface area contributed by atoms with E-state index in [2.05, 4.69) is 26.1 Å². The number of amides is 1. The van der Waals surface area contributed by atoms with Crippen LogP contribution in [0.4, 0.5) is 5.69 Å². The van der Waals surface area contributed by atoms with Crippen molar-refractivity contribution in [2.75, 3.05) is 5.32 Å². The first kappa shape index (κ1) is 16.2. The third-order valence-corrected chi connectivity index (χ3v) is 6.69. The Morgan fingerprint density at radius 2 is 1.87 bits per heavy atom. The van der Waals surface area contributed by atoms with Crippen LogP contribution >= 0.6 is 0 Å². The predicted molar refractivity (Wildman–Crippen MR) is 92.2 cm³/mol. The summed E-state index contributed by atoms with van der Waals surface area (Å²) in [7, 11) is 0. The first-order valence-electron chi connectivity index (χ1n) is 8.66. The minimum atomic E-state index is -0.185. The van der Waals surface area contributed by atoms with Crippen LogP contribution in [0.25, 0.3) is 0 Å². The van der Waals surface area contributed by atoms with Gasteiger partial charge in [0.25, 0.3) is 0 Å². The molecule has 0 spiro atoms. The number of benzene rings is 1. The zero-order chi connectivity index (χ0) is 16.8. The Morgan fingerprint density at radius 1 is 1.22 bits per heavy atom. The smallest absolute Gasteiger partial charge is 0.224 e. The first-order valence-corrected chi connectivity index (χ1v) is 8.66. The molecule has 3 rings (SSSR count). The molecule has 1 aromatic rings. The number of ketones is 1. The Labute approximate surface area is 138 Å². The molecule has 2 aliphatic rings. The molecule has 1 aromatic carbocycles. The van der Waals surface area contributed by atoms with E-state index in [0.29, 0.717) is 24.5 Å². The van der Waals surface area contributed by atoms with E-state index in [-0.39, 0.29) is 22.7 Å². The quantitative estimate of drug-likeness (QED) is 0.898. The molecule has 0 aliphatic heterocycles. The maximum absolute atomic E-state index is 12.8. The topological polar surface area (TPSA) is 46.2 Å². The summed E-state index contributed by atoms with van der Waals surface area (Å²) in [6.07, 6.45) is 3.24. The Kier molecular flexibility index (Phi) is 3.86. The van der Waals surface area contributed by atoms with Crippen molar-refractivity contribution >= 4 is 17.4 Å². The fraction of sp³-hybridized carbons (Fsp3) is 0.600. The van der Waals surface area contributed by atoms with E-state index in [4.69, 9.17) is 0 Å². The van der Waals surface area contributed by atoms with Crippen molar-refractivity contribution in [3.05, 3.63) is 29.8 Å². The van der Waals surface area contributed by atoms with Gasteiger partial charge in [-0.1, -0.05) is 38.5 Å². The van der Waals surface area contributed by atoms with Crippen molar-refractivity contribution in [2.24, 2.45) is 22.7 Å². The number of Topliss-reactive ketones (excluding diaryl/α,β-unsaturated/α-hetero) is 1. The normalized spacial score (nSPS) is 31.4. The molecule has 2 saturated carbocycles. The van der Waals surface area contributed by atoms with E-state index in [1.807, 2.05) is 31.2 Å². The van der Waals surface area contributed by atoms with E-state index >= 15 is 0 Å². The molecule has 3 nitrogen and oxygen atoms in total. The third-order valence-electron chi connectivity index (χ3n) is 6.69. The van der Waals surface area contributed by atoms with Gasteiger partial charge >= 0.3 is 0 Å². The van der Waals surface area contributed by atoms with E-state index in [0.717, 1.165) is 18.5 Å². The van der Waals surface area contributed by atoms with Crippen LogP contribution in [0.5, 0.6) is 0 Å². The number of anilines is 1. The van der Waals surface area contributed by atoms with Crippen molar-refractivity contribution in [1.82, 2.24) is 0 Å². The highest BCUT2D eigenvalue weighted by molar-refractivity contribution is 5.93. The van der Waals surface area contributed by atoms with Crippen molar-refractivity contribution in [3.8, 4) is 0 Å². The molecular formula is C20H27NO2. The fourth-order valence-electron chi connectivity index (χ4n) is 4.75. The molecule has 0 saturated heterocycles. The number of carbonyl (C=O) groups excluding carboxylic acids is 2. The number of aryl methyl sites for hydroxylation is 1. The summed E-state index contributed by atoms with van der Waals surface area (Å²) in [4.78, 5) is 25.0.